The van der Waals surface area contributed by atoms with Gasteiger partial charge < -0.3 is 9.84 Å². The van der Waals surface area contributed by atoms with E-state index in [0.29, 0.717) is 11.7 Å². The Hall–Kier alpha value is -2.43. The highest BCUT2D eigenvalue weighted by Crippen LogP contribution is 2.29. The van der Waals surface area contributed by atoms with Crippen LogP contribution in [0.15, 0.2) is 30.5 Å². The summed E-state index contributed by atoms with van der Waals surface area (Å²) < 4.78 is 18.7. The predicted molar refractivity (Wildman–Crippen MR) is 76.5 cm³/mol. The van der Waals surface area contributed by atoms with Crippen LogP contribution in [-0.4, -0.2) is 16.1 Å². The largest absolute Gasteiger partial charge is 0.477 e. The Morgan fingerprint density at radius 3 is 2.67 bits per heavy atom. The van der Waals surface area contributed by atoms with Gasteiger partial charge in [-0.3, -0.25) is 0 Å². The molecule has 1 aromatic heterocycles. The molecule has 0 atom stereocenters. The van der Waals surface area contributed by atoms with Crippen molar-refractivity contribution in [3.05, 3.63) is 53.0 Å². The number of nitrogens with zero attached hydrogens (tertiary/aromatic N) is 1. The van der Waals surface area contributed by atoms with Gasteiger partial charge in [0.05, 0.1) is 6.20 Å². The molecule has 0 aliphatic heterocycles. The van der Waals surface area contributed by atoms with Gasteiger partial charge in [0.2, 0.25) is 5.88 Å². The lowest BCUT2D eigenvalue weighted by Crippen LogP contribution is -2.03. The lowest BCUT2D eigenvalue weighted by molar-refractivity contribution is 0.0692. The molecule has 0 bridgehead atoms. The second-order valence-electron chi connectivity index (χ2n) is 5.09. The highest BCUT2D eigenvalue weighted by molar-refractivity contribution is 5.90. The van der Waals surface area contributed by atoms with Gasteiger partial charge in [0.1, 0.15) is 17.1 Å². The van der Waals surface area contributed by atoms with Gasteiger partial charge in [-0.25, -0.2) is 14.2 Å². The lowest BCUT2D eigenvalue weighted by atomic mass is 10.0. The molecule has 1 aromatic carbocycles. The second-order valence-corrected chi connectivity index (χ2v) is 5.09. The minimum Gasteiger partial charge on any atom is -0.477 e. The summed E-state index contributed by atoms with van der Waals surface area (Å²) in [5, 5.41) is 9.09. The van der Waals surface area contributed by atoms with Crippen LogP contribution in [0.3, 0.4) is 0 Å². The van der Waals surface area contributed by atoms with Gasteiger partial charge in [0.15, 0.2) is 0 Å². The molecular formula is C16H16FNO3. The summed E-state index contributed by atoms with van der Waals surface area (Å²) in [4.78, 5) is 14.9. The summed E-state index contributed by atoms with van der Waals surface area (Å²) in [6.45, 7) is 5.95. The van der Waals surface area contributed by atoms with Crippen LogP contribution >= 0.6 is 0 Å². The van der Waals surface area contributed by atoms with Crippen LogP contribution in [0.4, 0.5) is 4.39 Å². The van der Waals surface area contributed by atoms with E-state index in [-0.39, 0.29) is 11.4 Å². The molecule has 0 aliphatic carbocycles. The maximum atomic E-state index is 13.1. The van der Waals surface area contributed by atoms with Crippen molar-refractivity contribution in [3.8, 4) is 11.6 Å². The zero-order valence-corrected chi connectivity index (χ0v) is 12.1. The van der Waals surface area contributed by atoms with E-state index >= 15 is 0 Å². The number of aryl methyl sites for hydroxylation is 1. The van der Waals surface area contributed by atoms with Crippen molar-refractivity contribution in [1.82, 2.24) is 4.98 Å². The van der Waals surface area contributed by atoms with Crippen molar-refractivity contribution in [2.24, 2.45) is 0 Å². The summed E-state index contributed by atoms with van der Waals surface area (Å²) in [5.41, 5.74) is 1.61. The third kappa shape index (κ3) is 3.37. The molecule has 21 heavy (non-hydrogen) atoms. The van der Waals surface area contributed by atoms with Gasteiger partial charge in [-0.1, -0.05) is 26.0 Å². The molecule has 1 N–H and O–H groups in total. The van der Waals surface area contributed by atoms with Crippen LogP contribution < -0.4 is 4.74 Å². The molecular weight excluding hydrogens is 273 g/mol. The Morgan fingerprint density at radius 1 is 1.33 bits per heavy atom. The van der Waals surface area contributed by atoms with Gasteiger partial charge in [-0.15, -0.1) is 0 Å². The summed E-state index contributed by atoms with van der Waals surface area (Å²) in [7, 11) is 0. The molecule has 0 saturated heterocycles. The molecule has 110 valence electrons. The van der Waals surface area contributed by atoms with E-state index in [4.69, 9.17) is 9.84 Å². The van der Waals surface area contributed by atoms with Crippen LogP contribution in [0.5, 0.6) is 11.6 Å². The fourth-order valence-electron chi connectivity index (χ4n) is 1.85. The van der Waals surface area contributed by atoms with Crippen molar-refractivity contribution >= 4 is 5.97 Å². The Bertz CT molecular complexity index is 683. The number of rotatable bonds is 4. The van der Waals surface area contributed by atoms with Crippen LogP contribution in [0.2, 0.25) is 0 Å². The van der Waals surface area contributed by atoms with Crippen LogP contribution in [-0.2, 0) is 0 Å². The first-order chi connectivity index (χ1) is 9.88. The fourth-order valence-corrected chi connectivity index (χ4v) is 1.85. The SMILES string of the molecule is Cc1ccc(C(C)C)cc1Oc1ncc(F)cc1C(=O)O. The zero-order valence-electron chi connectivity index (χ0n) is 12.1. The van der Waals surface area contributed by atoms with E-state index in [2.05, 4.69) is 4.98 Å². The minimum absolute atomic E-state index is 0.118. The smallest absolute Gasteiger partial charge is 0.341 e. The number of halogens is 1. The number of carbonyl (C=O) groups is 1. The highest BCUT2D eigenvalue weighted by atomic mass is 19.1. The Labute approximate surface area is 122 Å². The molecule has 0 aliphatic rings. The maximum absolute atomic E-state index is 13.1. The van der Waals surface area contributed by atoms with Crippen molar-refractivity contribution in [2.75, 3.05) is 0 Å². The lowest BCUT2D eigenvalue weighted by Gasteiger charge is -2.13. The normalized spacial score (nSPS) is 10.7. The van der Waals surface area contributed by atoms with E-state index in [1.165, 1.54) is 0 Å². The number of hydrogen-bond acceptors (Lipinski definition) is 3. The summed E-state index contributed by atoms with van der Waals surface area (Å²) in [6, 6.07) is 6.63. The molecule has 0 amide bonds. The average molecular weight is 289 g/mol. The number of carboxylic acids is 1. The third-order valence-electron chi connectivity index (χ3n) is 3.13. The van der Waals surface area contributed by atoms with Gasteiger partial charge in [-0.05, 0) is 36.1 Å². The number of aromatic nitrogens is 1. The van der Waals surface area contributed by atoms with E-state index in [0.717, 1.165) is 23.4 Å². The predicted octanol–water partition coefficient (Wildman–Crippen LogP) is 4.14. The van der Waals surface area contributed by atoms with Crippen molar-refractivity contribution in [2.45, 2.75) is 26.7 Å². The van der Waals surface area contributed by atoms with Crippen LogP contribution in [0.25, 0.3) is 0 Å². The molecule has 1 heterocycles. The fraction of sp³-hybridized carbons (Fsp3) is 0.250. The average Bonchev–Trinajstić information content (AvgIpc) is 2.42. The first-order valence-corrected chi connectivity index (χ1v) is 6.55. The van der Waals surface area contributed by atoms with E-state index in [9.17, 15) is 9.18 Å². The number of carboxylic acid groups (broad SMARTS) is 1. The molecule has 2 rings (SSSR count). The molecule has 2 aromatic rings. The van der Waals surface area contributed by atoms with E-state index in [1.54, 1.807) is 0 Å². The highest BCUT2D eigenvalue weighted by Gasteiger charge is 2.16. The Balaban J connectivity index is 2.43. The van der Waals surface area contributed by atoms with Gasteiger partial charge >= 0.3 is 5.97 Å². The number of ether oxygens (including phenoxy) is 1. The van der Waals surface area contributed by atoms with Crippen molar-refractivity contribution in [3.63, 3.8) is 0 Å². The molecule has 0 fully saturated rings. The maximum Gasteiger partial charge on any atom is 0.341 e. The van der Waals surface area contributed by atoms with Gasteiger partial charge in [-0.2, -0.15) is 0 Å². The topological polar surface area (TPSA) is 59.4 Å². The summed E-state index contributed by atoms with van der Waals surface area (Å²) >= 11 is 0. The number of aromatic carboxylic acids is 1. The molecule has 0 radical (unpaired) electrons. The molecule has 4 nitrogen and oxygen atoms in total. The van der Waals surface area contributed by atoms with E-state index in [1.807, 2.05) is 39.0 Å². The monoisotopic (exact) mass is 289 g/mol. The summed E-state index contributed by atoms with van der Waals surface area (Å²) in [5.74, 6) is -1.29. The number of pyridine rings is 1. The molecule has 0 saturated carbocycles. The molecule has 5 heteroatoms. The molecule has 0 unspecified atom stereocenters. The summed E-state index contributed by atoms with van der Waals surface area (Å²) in [6.07, 6.45) is 0.934. The standard InChI is InChI=1S/C16H16FNO3/c1-9(2)11-5-4-10(3)14(6-11)21-15-13(16(19)20)7-12(17)8-18-15/h4-9H,1-3H3,(H,19,20). The Kier molecular flexibility index (Phi) is 4.21. The van der Waals surface area contributed by atoms with Crippen LogP contribution in [0, 0.1) is 12.7 Å². The minimum atomic E-state index is -1.28. The van der Waals surface area contributed by atoms with Crippen LogP contribution in [0.1, 0.15) is 41.3 Å². The van der Waals surface area contributed by atoms with Crippen molar-refractivity contribution in [1.29, 1.82) is 0 Å². The van der Waals surface area contributed by atoms with Crippen molar-refractivity contribution < 1.29 is 19.0 Å². The quantitative estimate of drug-likeness (QED) is 0.918. The first-order valence-electron chi connectivity index (χ1n) is 6.55. The zero-order chi connectivity index (χ0) is 15.6. The number of hydrogen-bond donors (Lipinski definition) is 1. The molecule has 0 spiro atoms. The second kappa shape index (κ2) is 5.91. The van der Waals surface area contributed by atoms with Gasteiger partial charge in [0.25, 0.3) is 0 Å². The number of benzene rings is 1. The van der Waals surface area contributed by atoms with E-state index < -0.39 is 11.8 Å². The van der Waals surface area contributed by atoms with Gasteiger partial charge in [0, 0.05) is 0 Å². The first kappa shape index (κ1) is 15.0. The third-order valence-corrected chi connectivity index (χ3v) is 3.13. The Morgan fingerprint density at radius 2 is 2.05 bits per heavy atom.